The molecule has 0 aliphatic carbocycles. The fraction of sp³-hybridized carbons (Fsp3) is 0.200. The summed E-state index contributed by atoms with van der Waals surface area (Å²) in [7, 11) is -2.53. The summed E-state index contributed by atoms with van der Waals surface area (Å²) in [6.45, 7) is 2.44. The van der Waals surface area contributed by atoms with Crippen molar-refractivity contribution in [3.8, 4) is 0 Å². The number of carbonyl (C=O) groups is 1. The number of sulfonamides is 1. The second kappa shape index (κ2) is 6.91. The van der Waals surface area contributed by atoms with Crippen LogP contribution in [-0.4, -0.2) is 26.1 Å². The molecule has 10 heteroatoms. The van der Waals surface area contributed by atoms with E-state index < -0.39 is 16.0 Å². The largest absolute Gasteiger partial charge is 0.465 e. The first-order valence-corrected chi connectivity index (χ1v) is 10.6. The lowest BCUT2D eigenvalue weighted by atomic mass is 10.2. The van der Waals surface area contributed by atoms with Crippen molar-refractivity contribution in [3.05, 3.63) is 45.0 Å². The Labute approximate surface area is 157 Å². The van der Waals surface area contributed by atoms with E-state index in [4.69, 9.17) is 16.3 Å². The number of aromatic nitrogens is 1. The second-order valence-corrected chi connectivity index (χ2v) is 9.48. The Hall–Kier alpha value is -1.68. The molecule has 3 rings (SSSR count). The van der Waals surface area contributed by atoms with Crippen LogP contribution in [-0.2, 0) is 21.3 Å². The number of fused-ring (bicyclic) bond motifs is 1. The van der Waals surface area contributed by atoms with E-state index in [9.17, 15) is 13.2 Å². The molecule has 0 fully saturated rings. The average molecular weight is 417 g/mol. The summed E-state index contributed by atoms with van der Waals surface area (Å²) in [6.07, 6.45) is 0. The predicted octanol–water partition coefficient (Wildman–Crippen LogP) is 3.51. The van der Waals surface area contributed by atoms with Gasteiger partial charge in [0, 0.05) is 6.54 Å². The molecule has 0 aliphatic rings. The summed E-state index contributed by atoms with van der Waals surface area (Å²) in [5, 5.41) is 0. The van der Waals surface area contributed by atoms with Gasteiger partial charge in [-0.3, -0.25) is 0 Å². The molecule has 0 N–H and O–H groups in total. The van der Waals surface area contributed by atoms with Gasteiger partial charge in [-0.25, -0.2) is 4.79 Å². The second-order valence-electron chi connectivity index (χ2n) is 4.93. The van der Waals surface area contributed by atoms with E-state index in [-0.39, 0.29) is 4.21 Å². The first-order chi connectivity index (χ1) is 11.9. The number of methoxy groups -OCH3 is 1. The Morgan fingerprint density at radius 2 is 2.04 bits per heavy atom. The summed E-state index contributed by atoms with van der Waals surface area (Å²) in [5.41, 5.74) is 1.21. The fourth-order valence-corrected chi connectivity index (χ4v) is 6.07. The summed E-state index contributed by atoms with van der Waals surface area (Å²) < 4.78 is 36.7. The third-order valence-corrected chi connectivity index (χ3v) is 7.54. The zero-order valence-corrected chi connectivity index (χ0v) is 16.4. The number of halogens is 1. The van der Waals surface area contributed by atoms with Gasteiger partial charge in [-0.15, -0.1) is 15.7 Å². The van der Waals surface area contributed by atoms with Crippen molar-refractivity contribution in [2.24, 2.45) is 4.40 Å². The monoisotopic (exact) mass is 416 g/mol. The van der Waals surface area contributed by atoms with Crippen LogP contribution in [0.3, 0.4) is 0 Å². The zero-order chi connectivity index (χ0) is 18.2. The van der Waals surface area contributed by atoms with Gasteiger partial charge in [-0.2, -0.15) is 8.42 Å². The quantitative estimate of drug-likeness (QED) is 0.609. The van der Waals surface area contributed by atoms with Gasteiger partial charge in [0.15, 0.2) is 0 Å². The molecule has 0 unspecified atom stereocenters. The van der Waals surface area contributed by atoms with Gasteiger partial charge >= 0.3 is 5.97 Å². The topological polar surface area (TPSA) is 77.7 Å². The lowest BCUT2D eigenvalue weighted by molar-refractivity contribution is 0.0601. The molecule has 0 saturated carbocycles. The number of thiazole rings is 1. The number of aryl methyl sites for hydroxylation is 1. The van der Waals surface area contributed by atoms with Gasteiger partial charge in [-0.1, -0.05) is 22.9 Å². The van der Waals surface area contributed by atoms with Crippen LogP contribution >= 0.6 is 34.3 Å². The number of rotatable bonds is 4. The van der Waals surface area contributed by atoms with Gasteiger partial charge < -0.3 is 9.30 Å². The average Bonchev–Trinajstić information content (AvgIpc) is 3.16. The van der Waals surface area contributed by atoms with E-state index in [1.807, 2.05) is 6.92 Å². The van der Waals surface area contributed by atoms with Crippen LogP contribution in [0, 0.1) is 0 Å². The Kier molecular flexibility index (Phi) is 5.01. The normalized spacial score (nSPS) is 12.7. The maximum Gasteiger partial charge on any atom is 0.337 e. The molecule has 132 valence electrons. The number of hydrogen-bond acceptors (Lipinski definition) is 6. The number of esters is 1. The van der Waals surface area contributed by atoms with Gasteiger partial charge in [0.25, 0.3) is 10.0 Å². The van der Waals surface area contributed by atoms with Gasteiger partial charge in [0.05, 0.1) is 27.2 Å². The molecule has 0 amide bonds. The molecule has 0 bridgehead atoms. The van der Waals surface area contributed by atoms with Crippen LogP contribution < -0.4 is 4.80 Å². The van der Waals surface area contributed by atoms with E-state index in [0.717, 1.165) is 21.6 Å². The van der Waals surface area contributed by atoms with Gasteiger partial charge in [0.1, 0.15) is 4.21 Å². The third-order valence-electron chi connectivity index (χ3n) is 3.42. The molecule has 2 aromatic heterocycles. The molecule has 6 nitrogen and oxygen atoms in total. The van der Waals surface area contributed by atoms with Gasteiger partial charge in [0.2, 0.25) is 4.80 Å². The van der Waals surface area contributed by atoms with E-state index in [2.05, 4.69) is 4.40 Å². The molecule has 25 heavy (non-hydrogen) atoms. The molecule has 0 atom stereocenters. The summed E-state index contributed by atoms with van der Waals surface area (Å²) in [5.74, 6) is -0.447. The first-order valence-electron chi connectivity index (χ1n) is 7.13. The maximum absolute atomic E-state index is 12.5. The van der Waals surface area contributed by atoms with Crippen LogP contribution in [0.2, 0.25) is 4.34 Å². The molecule has 2 heterocycles. The highest BCUT2D eigenvalue weighted by Gasteiger charge is 2.17. The number of carbonyl (C=O) groups excluding carboxylic acids is 1. The highest BCUT2D eigenvalue weighted by atomic mass is 35.5. The van der Waals surface area contributed by atoms with Crippen LogP contribution in [0.4, 0.5) is 0 Å². The Morgan fingerprint density at radius 1 is 1.28 bits per heavy atom. The highest BCUT2D eigenvalue weighted by Crippen LogP contribution is 2.27. The molecular weight excluding hydrogens is 404 g/mol. The van der Waals surface area contributed by atoms with Crippen LogP contribution in [0.15, 0.2) is 38.9 Å². The molecule has 0 aliphatic heterocycles. The number of benzene rings is 1. The van der Waals surface area contributed by atoms with Gasteiger partial charge in [-0.05, 0) is 37.3 Å². The minimum Gasteiger partial charge on any atom is -0.465 e. The van der Waals surface area contributed by atoms with Crippen LogP contribution in [0.5, 0.6) is 0 Å². The lowest BCUT2D eigenvalue weighted by Crippen LogP contribution is -2.15. The highest BCUT2D eigenvalue weighted by molar-refractivity contribution is 7.92. The van der Waals surface area contributed by atoms with Crippen molar-refractivity contribution in [2.75, 3.05) is 7.11 Å². The summed E-state index contributed by atoms with van der Waals surface area (Å²) in [6, 6.07) is 8.03. The third kappa shape index (κ3) is 3.50. The Bertz CT molecular complexity index is 1130. The molecule has 0 radical (unpaired) electrons. The van der Waals surface area contributed by atoms with Crippen molar-refractivity contribution in [2.45, 2.75) is 17.7 Å². The zero-order valence-electron chi connectivity index (χ0n) is 13.2. The van der Waals surface area contributed by atoms with E-state index in [1.54, 1.807) is 22.8 Å². The minimum atomic E-state index is -3.85. The SMILES string of the molecule is CCn1c(=NS(=O)(=O)c2ccc(Cl)s2)sc2cc(C(=O)OC)ccc21. The van der Waals surface area contributed by atoms with Crippen LogP contribution in [0.1, 0.15) is 17.3 Å². The Balaban J connectivity index is 2.20. The van der Waals surface area contributed by atoms with E-state index in [1.165, 1.54) is 30.6 Å². The number of nitrogens with zero attached hydrogens (tertiary/aromatic N) is 2. The maximum atomic E-state index is 12.5. The van der Waals surface area contributed by atoms with Crippen molar-refractivity contribution in [3.63, 3.8) is 0 Å². The summed E-state index contributed by atoms with van der Waals surface area (Å²) >= 11 is 7.98. The van der Waals surface area contributed by atoms with Crippen molar-refractivity contribution in [1.29, 1.82) is 0 Å². The minimum absolute atomic E-state index is 0.0906. The molecule has 0 spiro atoms. The molecular formula is C15H13ClN2O4S3. The lowest BCUT2D eigenvalue weighted by Gasteiger charge is -2.02. The molecule has 1 aromatic carbocycles. The number of thiophene rings is 1. The smallest absolute Gasteiger partial charge is 0.337 e. The first kappa shape index (κ1) is 18.1. The van der Waals surface area contributed by atoms with Crippen molar-refractivity contribution < 1.29 is 17.9 Å². The van der Waals surface area contributed by atoms with Crippen molar-refractivity contribution >= 4 is 60.5 Å². The van der Waals surface area contributed by atoms with E-state index >= 15 is 0 Å². The standard InChI is InChI=1S/C15H13ClN2O4S3/c1-3-18-10-5-4-9(14(19)22-2)8-11(10)23-15(18)17-25(20,21)13-7-6-12(16)24-13/h4-8H,3H2,1-2H3. The molecule has 3 aromatic rings. The summed E-state index contributed by atoms with van der Waals surface area (Å²) in [4.78, 5) is 12.0. The Morgan fingerprint density at radius 3 is 2.64 bits per heavy atom. The number of ether oxygens (including phenoxy) is 1. The fourth-order valence-electron chi connectivity index (χ4n) is 2.28. The predicted molar refractivity (Wildman–Crippen MR) is 98.9 cm³/mol. The van der Waals surface area contributed by atoms with E-state index in [0.29, 0.717) is 21.2 Å². The van der Waals surface area contributed by atoms with Crippen molar-refractivity contribution in [1.82, 2.24) is 4.57 Å². The molecule has 0 saturated heterocycles. The van der Waals surface area contributed by atoms with Crippen LogP contribution in [0.25, 0.3) is 10.2 Å². The number of hydrogen-bond donors (Lipinski definition) is 0.